The molecule has 24 heavy (non-hydrogen) atoms. The van der Waals surface area contributed by atoms with Crippen molar-refractivity contribution in [1.82, 2.24) is 9.97 Å². The lowest BCUT2D eigenvalue weighted by atomic mass is 9.80. The molecule has 1 atom stereocenters. The van der Waals surface area contributed by atoms with Crippen LogP contribution in [0, 0.1) is 5.92 Å². The number of fused-ring (bicyclic) bond motifs is 1. The molecule has 0 spiro atoms. The van der Waals surface area contributed by atoms with Crippen molar-refractivity contribution in [1.29, 1.82) is 0 Å². The molecule has 3 rings (SSSR count). The van der Waals surface area contributed by atoms with Crippen LogP contribution in [0.15, 0.2) is 41.1 Å². The van der Waals surface area contributed by atoms with Crippen LogP contribution in [0.2, 0.25) is 0 Å². The van der Waals surface area contributed by atoms with Crippen molar-refractivity contribution in [2.24, 2.45) is 5.92 Å². The Bertz CT molecular complexity index is 875. The molecule has 1 unspecified atom stereocenters. The number of hydrogen-bond donors (Lipinski definition) is 1. The third-order valence-corrected chi connectivity index (χ3v) is 6.57. The molecular weight excluding hydrogens is 384 g/mol. The number of halogens is 1. The predicted octanol–water partition coefficient (Wildman–Crippen LogP) is 5.47. The second kappa shape index (κ2) is 6.54. The summed E-state index contributed by atoms with van der Waals surface area (Å²) in [6.45, 7) is 8.32. The molecule has 0 aliphatic carbocycles. The van der Waals surface area contributed by atoms with Gasteiger partial charge in [-0.25, -0.2) is 4.98 Å². The van der Waals surface area contributed by atoms with Crippen molar-refractivity contribution in [3.05, 3.63) is 57.3 Å². The van der Waals surface area contributed by atoms with Gasteiger partial charge in [0.25, 0.3) is 0 Å². The van der Waals surface area contributed by atoms with E-state index in [0.717, 1.165) is 25.8 Å². The Morgan fingerprint density at radius 2 is 1.92 bits per heavy atom. The lowest BCUT2D eigenvalue weighted by molar-refractivity contribution is 0.0303. The van der Waals surface area contributed by atoms with E-state index < -0.39 is 5.60 Å². The first-order valence-corrected chi connectivity index (χ1v) is 9.69. The number of rotatable bonds is 4. The Balaban J connectivity index is 2.27. The van der Waals surface area contributed by atoms with Gasteiger partial charge in [-0.2, -0.15) is 0 Å². The fourth-order valence-corrected chi connectivity index (χ4v) is 4.80. The molecule has 0 bridgehead atoms. The fraction of sp³-hybridized carbons (Fsp3) is 0.368. The molecule has 1 N–H and O–H groups in total. The van der Waals surface area contributed by atoms with Crippen molar-refractivity contribution in [2.75, 3.05) is 0 Å². The zero-order valence-electron chi connectivity index (χ0n) is 14.2. The lowest BCUT2D eigenvalue weighted by Crippen LogP contribution is -2.34. The van der Waals surface area contributed by atoms with E-state index in [0.29, 0.717) is 10.9 Å². The van der Waals surface area contributed by atoms with Gasteiger partial charge >= 0.3 is 0 Å². The van der Waals surface area contributed by atoms with Crippen LogP contribution in [0.4, 0.5) is 0 Å². The number of pyridine rings is 1. The maximum absolute atomic E-state index is 11.7. The number of nitrogens with zero attached hydrogens (tertiary/aromatic N) is 2. The molecular formula is C19H21BrN2OS. The van der Waals surface area contributed by atoms with Crippen LogP contribution in [-0.2, 0) is 5.60 Å². The fourth-order valence-electron chi connectivity index (χ4n) is 2.98. The maximum Gasteiger partial charge on any atom is 0.145 e. The average Bonchev–Trinajstić information content (AvgIpc) is 3.00. The van der Waals surface area contributed by atoms with Crippen LogP contribution in [0.5, 0.6) is 0 Å². The summed E-state index contributed by atoms with van der Waals surface area (Å²) in [5, 5.41) is 12.5. The highest BCUT2D eigenvalue weighted by molar-refractivity contribution is 9.10. The minimum atomic E-state index is -1.16. The molecule has 0 saturated heterocycles. The molecule has 3 aromatic rings. The highest BCUT2D eigenvalue weighted by Crippen LogP contribution is 2.43. The number of aromatic nitrogens is 2. The highest BCUT2D eigenvalue weighted by atomic mass is 79.9. The summed E-state index contributed by atoms with van der Waals surface area (Å²) < 4.78 is 2.06. The highest BCUT2D eigenvalue weighted by Gasteiger charge is 2.40. The van der Waals surface area contributed by atoms with Crippen molar-refractivity contribution in [3.8, 4) is 0 Å². The Kier molecular flexibility index (Phi) is 4.78. The van der Waals surface area contributed by atoms with Gasteiger partial charge in [0.2, 0.25) is 0 Å². The second-order valence-corrected chi connectivity index (χ2v) is 8.50. The largest absolute Gasteiger partial charge is 0.378 e. The normalized spacial score (nSPS) is 14.5. The molecule has 2 heterocycles. The van der Waals surface area contributed by atoms with Gasteiger partial charge in [0.15, 0.2) is 0 Å². The second-order valence-electron chi connectivity index (χ2n) is 6.65. The van der Waals surface area contributed by atoms with Crippen molar-refractivity contribution < 1.29 is 5.11 Å². The van der Waals surface area contributed by atoms with Gasteiger partial charge < -0.3 is 5.11 Å². The lowest BCUT2D eigenvalue weighted by Gasteiger charge is -2.33. The van der Waals surface area contributed by atoms with E-state index in [1.807, 2.05) is 38.1 Å². The summed E-state index contributed by atoms with van der Waals surface area (Å²) in [7, 11) is 0. The van der Waals surface area contributed by atoms with Gasteiger partial charge in [0, 0.05) is 22.4 Å². The summed E-state index contributed by atoms with van der Waals surface area (Å²) in [6.07, 6.45) is 3.57. The van der Waals surface area contributed by atoms with Crippen LogP contribution in [0.3, 0.4) is 0 Å². The van der Waals surface area contributed by atoms with E-state index in [9.17, 15) is 5.11 Å². The van der Waals surface area contributed by atoms with E-state index >= 15 is 0 Å². The van der Waals surface area contributed by atoms with Crippen LogP contribution < -0.4 is 0 Å². The molecule has 0 radical (unpaired) electrons. The van der Waals surface area contributed by atoms with Crippen molar-refractivity contribution in [3.63, 3.8) is 0 Å². The first-order valence-electron chi connectivity index (χ1n) is 8.08. The van der Waals surface area contributed by atoms with E-state index in [1.165, 1.54) is 11.3 Å². The van der Waals surface area contributed by atoms with Gasteiger partial charge in [-0.05, 0) is 51.5 Å². The predicted molar refractivity (Wildman–Crippen MR) is 103 cm³/mol. The Morgan fingerprint density at radius 1 is 1.17 bits per heavy atom. The first-order chi connectivity index (χ1) is 11.4. The van der Waals surface area contributed by atoms with Crippen molar-refractivity contribution >= 4 is 37.5 Å². The summed E-state index contributed by atoms with van der Waals surface area (Å²) in [5.41, 5.74) is 1.71. The third-order valence-electron chi connectivity index (χ3n) is 4.42. The third kappa shape index (κ3) is 2.79. The number of thiazole rings is 1. The van der Waals surface area contributed by atoms with E-state index in [4.69, 9.17) is 4.98 Å². The summed E-state index contributed by atoms with van der Waals surface area (Å²) in [6, 6.07) is 7.94. The van der Waals surface area contributed by atoms with E-state index in [1.54, 1.807) is 12.4 Å². The van der Waals surface area contributed by atoms with Crippen LogP contribution in [-0.4, -0.2) is 15.1 Å². The van der Waals surface area contributed by atoms with Gasteiger partial charge in [0.05, 0.1) is 10.2 Å². The zero-order valence-corrected chi connectivity index (χ0v) is 16.6. The van der Waals surface area contributed by atoms with Gasteiger partial charge in [0.1, 0.15) is 10.6 Å². The van der Waals surface area contributed by atoms with Gasteiger partial charge in [-0.3, -0.25) is 4.98 Å². The molecule has 0 saturated carbocycles. The Morgan fingerprint density at radius 3 is 2.54 bits per heavy atom. The SMILES string of the molecule is CC(C)c1ccncc1C(O)(c1nc2cccc(Br)c2s1)C(C)C. The van der Waals surface area contributed by atoms with Crippen molar-refractivity contribution in [2.45, 2.75) is 39.2 Å². The van der Waals surface area contributed by atoms with E-state index in [2.05, 4.69) is 34.8 Å². The molecule has 126 valence electrons. The first kappa shape index (κ1) is 17.5. The minimum Gasteiger partial charge on any atom is -0.378 e. The number of benzene rings is 1. The molecule has 0 aliphatic rings. The van der Waals surface area contributed by atoms with Crippen LogP contribution >= 0.6 is 27.3 Å². The van der Waals surface area contributed by atoms with Gasteiger partial charge in [-0.15, -0.1) is 11.3 Å². The zero-order chi connectivity index (χ0) is 17.5. The Labute approximate surface area is 154 Å². The number of aliphatic hydroxyl groups is 1. The van der Waals surface area contributed by atoms with Crippen LogP contribution in [0.1, 0.15) is 49.7 Å². The molecule has 3 nitrogen and oxygen atoms in total. The minimum absolute atomic E-state index is 0.0291. The standard InChI is InChI=1S/C19H21BrN2OS/c1-11(2)13-8-9-21-10-14(13)19(23,12(3)4)18-22-16-7-5-6-15(20)17(16)24-18/h5-12,23H,1-4H3. The summed E-state index contributed by atoms with van der Waals surface area (Å²) >= 11 is 5.12. The van der Waals surface area contributed by atoms with Crippen LogP contribution in [0.25, 0.3) is 10.2 Å². The molecule has 0 aliphatic heterocycles. The molecule has 2 aromatic heterocycles. The molecule has 0 amide bonds. The monoisotopic (exact) mass is 404 g/mol. The smallest absolute Gasteiger partial charge is 0.145 e. The summed E-state index contributed by atoms with van der Waals surface area (Å²) in [5.74, 6) is 0.271. The maximum atomic E-state index is 11.7. The van der Waals surface area contributed by atoms with E-state index in [-0.39, 0.29) is 5.92 Å². The average molecular weight is 405 g/mol. The Hall–Kier alpha value is -1.30. The quantitative estimate of drug-likeness (QED) is 0.626. The summed E-state index contributed by atoms with van der Waals surface area (Å²) in [4.78, 5) is 9.04. The molecule has 1 aromatic carbocycles. The number of hydrogen-bond acceptors (Lipinski definition) is 4. The topological polar surface area (TPSA) is 46.0 Å². The molecule has 5 heteroatoms. The van der Waals surface area contributed by atoms with Gasteiger partial charge in [-0.1, -0.05) is 33.8 Å². The molecule has 0 fully saturated rings.